The van der Waals surface area contributed by atoms with Crippen LogP contribution >= 0.6 is 0 Å². The number of benzene rings is 7. The van der Waals surface area contributed by atoms with Gasteiger partial charge in [-0.1, -0.05) is 144 Å². The molecule has 0 saturated carbocycles. The van der Waals surface area contributed by atoms with Crippen molar-refractivity contribution in [3.63, 3.8) is 0 Å². The SMILES string of the molecule is C.CC(C)Cn1c2ccccc2c2c[c-]c(-c3ccccn3)cc21.CC(C)Cn1c2ccccc2c2ccc(-c3ccccn3)cc21.CO.CO.Cc1cccc(-c2[c-]cccc2)n1.Cc1cccc(-c2[c-]cccc2)n1.Cc1cccc(-c2[c-]cccc2)n1.F.[3H][O-].[Ir+3].[Ir]. The van der Waals surface area contributed by atoms with Crippen LogP contribution in [0.25, 0.3) is 99.9 Å². The Morgan fingerprint density at radius 1 is 0.394 bits per heavy atom. The minimum Gasteiger partial charge on any atom is -0.870 e. The van der Waals surface area contributed by atoms with E-state index in [1.807, 2.05) is 191 Å². The minimum absolute atomic E-state index is 0. The van der Waals surface area contributed by atoms with Gasteiger partial charge in [0.05, 0.1) is 5.69 Å². The number of pyridine rings is 5. The Morgan fingerprint density at radius 2 is 0.755 bits per heavy atom. The first-order valence-electron chi connectivity index (χ1n) is 30.3. The molecule has 0 bridgehead atoms. The number of aliphatic hydroxyl groups excluding tert-OH is 2. The van der Waals surface area contributed by atoms with Gasteiger partial charge in [-0.25, -0.2) is 0 Å². The van der Waals surface area contributed by atoms with E-state index in [1.54, 1.807) is 0 Å². The summed E-state index contributed by atoms with van der Waals surface area (Å²) in [6.07, 6.45) is 3.68. The first kappa shape index (κ1) is 77.4. The van der Waals surface area contributed by atoms with E-state index in [4.69, 9.17) is 15.7 Å². The summed E-state index contributed by atoms with van der Waals surface area (Å²) >= 11 is 0. The van der Waals surface area contributed by atoms with Crippen molar-refractivity contribution in [3.05, 3.63) is 296 Å². The molecule has 0 atom stereocenters. The molecule has 14 aromatic rings. The molecule has 487 valence electrons. The molecule has 3 N–H and O–H groups in total. The molecule has 94 heavy (non-hydrogen) atoms. The maximum absolute atomic E-state index is 7.50. The molecule has 0 spiro atoms. The third-order valence-corrected chi connectivity index (χ3v) is 14.1. The van der Waals surface area contributed by atoms with Gasteiger partial charge in [-0.3, -0.25) is 9.69 Å². The fourth-order valence-corrected chi connectivity index (χ4v) is 10.3. The predicted octanol–water partition coefficient (Wildman–Crippen LogP) is 19.2. The molecular formula is C81H83FIr2N7O3-2. The Kier molecular flexibility index (Phi) is 33.7. The maximum Gasteiger partial charge on any atom is 3.00 e. The molecule has 10 nitrogen and oxygen atoms in total. The standard InChI is InChI=1S/C21H20N2.C21H19N2.3C12H10N.2CH4O.CH4.FH.2Ir.H2O/c2*1-15(2)14-23-20-9-4-3-7-17(20)18-11-10-16(13-21(18)23)19-8-5-6-12-22-19;3*1-10-6-5-9-12(13-10)11-7-3-2-4-8-11;2*1-2;;;;;/h3-13,15H,14H2,1-2H3;3-9,11-13,15H,14H2,1-2H3;3*2-7,9H,1H3;2*2H,1H3;1H4;1H;;;1H2/q;4*-1;;;;;;+3;/p-1/i/hT. The molecule has 7 heterocycles. The molecule has 14 rings (SSSR count). The van der Waals surface area contributed by atoms with Gasteiger partial charge in [0, 0.05) is 110 Å². The molecular weight excluding hydrogens is 1520 g/mol. The topological polar surface area (TPSA) is 145 Å². The smallest absolute Gasteiger partial charge is 0.870 e. The number of nitrogens with zero attached hydrogens (tertiary/aromatic N) is 7. The molecule has 0 aliphatic carbocycles. The van der Waals surface area contributed by atoms with Crippen LogP contribution in [-0.2, 0) is 53.3 Å². The molecule has 1 radical (unpaired) electrons. The van der Waals surface area contributed by atoms with Gasteiger partial charge in [-0.2, -0.15) is 0 Å². The molecule has 0 amide bonds. The van der Waals surface area contributed by atoms with E-state index in [2.05, 4.69) is 172 Å². The maximum atomic E-state index is 7.50. The van der Waals surface area contributed by atoms with Crippen molar-refractivity contribution in [1.29, 1.82) is 0 Å². The summed E-state index contributed by atoms with van der Waals surface area (Å²) < 4.78 is 9.37. The second-order valence-corrected chi connectivity index (χ2v) is 21.7. The van der Waals surface area contributed by atoms with Gasteiger partial charge in [0.15, 0.2) is 0 Å². The number of rotatable bonds is 9. The summed E-state index contributed by atoms with van der Waals surface area (Å²) in [5.74, 6) is 1.20. The molecule has 7 aromatic heterocycles. The van der Waals surface area contributed by atoms with E-state index in [-0.39, 0.29) is 52.3 Å². The molecule has 0 saturated heterocycles. The van der Waals surface area contributed by atoms with Gasteiger partial charge in [0.1, 0.15) is 0 Å². The number of halogens is 1. The quantitative estimate of drug-likeness (QED) is 0.136. The van der Waals surface area contributed by atoms with Gasteiger partial charge in [-0.15, -0.1) is 133 Å². The van der Waals surface area contributed by atoms with E-state index in [0.29, 0.717) is 11.8 Å². The van der Waals surface area contributed by atoms with E-state index in [0.717, 1.165) is 95.1 Å². The average molecular weight is 1610 g/mol. The van der Waals surface area contributed by atoms with Crippen LogP contribution in [0.2, 0.25) is 0 Å². The first-order valence-corrected chi connectivity index (χ1v) is 29.9. The van der Waals surface area contributed by atoms with Crippen molar-refractivity contribution in [2.45, 2.75) is 69.0 Å². The fourth-order valence-electron chi connectivity index (χ4n) is 10.3. The van der Waals surface area contributed by atoms with Gasteiger partial charge < -0.3 is 44.8 Å². The van der Waals surface area contributed by atoms with E-state index < -0.39 is 0 Å². The zero-order valence-corrected chi connectivity index (χ0v) is 58.6. The van der Waals surface area contributed by atoms with Crippen LogP contribution < -0.4 is 0 Å². The van der Waals surface area contributed by atoms with Crippen molar-refractivity contribution < 1.29 is 62.0 Å². The Morgan fingerprint density at radius 3 is 1.14 bits per heavy atom. The van der Waals surface area contributed by atoms with Gasteiger partial charge in [0.2, 0.25) is 0 Å². The summed E-state index contributed by atoms with van der Waals surface area (Å²) in [4.78, 5) is 22.2. The van der Waals surface area contributed by atoms with Crippen LogP contribution in [-0.4, -0.2) is 64.0 Å². The van der Waals surface area contributed by atoms with Crippen molar-refractivity contribution in [1.82, 2.24) is 34.1 Å². The summed E-state index contributed by atoms with van der Waals surface area (Å²) in [5, 5.41) is 19.2. The molecule has 0 aliphatic rings. The van der Waals surface area contributed by atoms with Crippen LogP contribution in [0, 0.1) is 56.9 Å². The summed E-state index contributed by atoms with van der Waals surface area (Å²) in [6, 6.07) is 94.9. The van der Waals surface area contributed by atoms with Gasteiger partial charge in [0.25, 0.3) is 0 Å². The first-order chi connectivity index (χ1) is 44.6. The number of aromatic nitrogens is 7. The fraction of sp³-hybridized carbons (Fsp3) is 0.173. The van der Waals surface area contributed by atoms with Crippen molar-refractivity contribution >= 4 is 43.6 Å². The zero-order chi connectivity index (χ0) is 64.9. The monoisotopic (exact) mass is 1610 g/mol. The van der Waals surface area contributed by atoms with E-state index in [9.17, 15) is 0 Å². The normalized spacial score (nSPS) is 10.0. The minimum atomic E-state index is 0. The van der Waals surface area contributed by atoms with Crippen molar-refractivity contribution in [3.8, 4) is 56.3 Å². The average Bonchev–Trinajstić information content (AvgIpc) is 1.62. The van der Waals surface area contributed by atoms with E-state index in [1.165, 1.54) is 49.2 Å². The van der Waals surface area contributed by atoms with Crippen LogP contribution in [0.1, 0.15) is 53.6 Å². The van der Waals surface area contributed by atoms with E-state index >= 15 is 0 Å². The van der Waals surface area contributed by atoms with Crippen molar-refractivity contribution in [2.75, 3.05) is 14.2 Å². The summed E-state index contributed by atoms with van der Waals surface area (Å²) in [5.41, 5.74) is 26.1. The number of hydrogen-bond acceptors (Lipinski definition) is 8. The molecule has 0 aliphatic heterocycles. The second kappa shape index (κ2) is 40.9. The van der Waals surface area contributed by atoms with Crippen LogP contribution in [0.15, 0.2) is 255 Å². The van der Waals surface area contributed by atoms with Crippen molar-refractivity contribution in [2.24, 2.45) is 11.8 Å². The number of hydrogen-bond donors (Lipinski definition) is 2. The molecule has 13 heteroatoms. The number of fused-ring (bicyclic) bond motifs is 6. The number of para-hydroxylation sites is 2. The summed E-state index contributed by atoms with van der Waals surface area (Å²) in [6.45, 7) is 17.1. The Balaban J connectivity index is 0.000000307. The van der Waals surface area contributed by atoms with Crippen LogP contribution in [0.3, 0.4) is 0 Å². The predicted molar refractivity (Wildman–Crippen MR) is 381 cm³/mol. The van der Waals surface area contributed by atoms with Crippen LogP contribution in [0.4, 0.5) is 4.70 Å². The molecule has 7 aromatic carbocycles. The van der Waals surface area contributed by atoms with Gasteiger partial charge >= 0.3 is 20.1 Å². The molecule has 0 unspecified atom stereocenters. The van der Waals surface area contributed by atoms with Crippen LogP contribution in [0.5, 0.6) is 0 Å². The Hall–Kier alpha value is -9.00. The second-order valence-electron chi connectivity index (χ2n) is 21.7. The third-order valence-electron chi connectivity index (χ3n) is 14.1. The Bertz CT molecular complexity index is 4070. The third kappa shape index (κ3) is 21.5. The largest absolute Gasteiger partial charge is 3.00 e. The Labute approximate surface area is 583 Å². The number of aliphatic hydroxyl groups is 2. The number of aryl methyl sites for hydroxylation is 3. The zero-order valence-electron chi connectivity index (χ0n) is 54.8. The molecule has 0 fully saturated rings. The van der Waals surface area contributed by atoms with Gasteiger partial charge in [-0.05, 0) is 121 Å². The summed E-state index contributed by atoms with van der Waals surface area (Å²) in [7, 11) is 2.00.